The van der Waals surface area contributed by atoms with Gasteiger partial charge in [-0.15, -0.1) is 0 Å². The normalized spacial score (nSPS) is 18.9. The molecule has 4 nitrogen and oxygen atoms in total. The zero-order valence-electron chi connectivity index (χ0n) is 11.3. The molecule has 0 saturated carbocycles. The summed E-state index contributed by atoms with van der Waals surface area (Å²) in [4.78, 5) is 25.2. The van der Waals surface area contributed by atoms with Gasteiger partial charge in [0.25, 0.3) is 0 Å². The van der Waals surface area contributed by atoms with Gasteiger partial charge in [0.2, 0.25) is 11.8 Å². The summed E-state index contributed by atoms with van der Waals surface area (Å²) >= 11 is 3.42. The molecule has 0 bridgehead atoms. The van der Waals surface area contributed by atoms with Gasteiger partial charge in [-0.3, -0.25) is 9.59 Å². The summed E-state index contributed by atoms with van der Waals surface area (Å²) in [5.74, 6) is -0.371. The van der Waals surface area contributed by atoms with Gasteiger partial charge in [0.15, 0.2) is 0 Å². The number of primary amides is 1. The third kappa shape index (κ3) is 4.07. The second-order valence-electron chi connectivity index (χ2n) is 5.21. The number of carbonyl (C=O) groups excluding carboxylic acids is 2. The fourth-order valence-electron chi connectivity index (χ4n) is 2.54. The van der Waals surface area contributed by atoms with Crippen LogP contribution in [0.15, 0.2) is 28.7 Å². The second-order valence-corrected chi connectivity index (χ2v) is 6.13. The number of benzene rings is 1. The van der Waals surface area contributed by atoms with Gasteiger partial charge in [-0.05, 0) is 37.0 Å². The van der Waals surface area contributed by atoms with Gasteiger partial charge in [-0.25, -0.2) is 0 Å². The van der Waals surface area contributed by atoms with E-state index in [2.05, 4.69) is 15.9 Å². The average molecular weight is 339 g/mol. The largest absolute Gasteiger partial charge is 0.369 e. The molecule has 20 heavy (non-hydrogen) atoms. The van der Waals surface area contributed by atoms with Gasteiger partial charge >= 0.3 is 0 Å². The van der Waals surface area contributed by atoms with Crippen LogP contribution in [0.3, 0.4) is 0 Å². The van der Waals surface area contributed by atoms with E-state index in [1.165, 1.54) is 0 Å². The molecule has 1 unspecified atom stereocenters. The van der Waals surface area contributed by atoms with Crippen molar-refractivity contribution in [1.29, 1.82) is 0 Å². The maximum Gasteiger partial charge on any atom is 0.222 e. The summed E-state index contributed by atoms with van der Waals surface area (Å²) in [5.41, 5.74) is 6.46. The summed E-state index contributed by atoms with van der Waals surface area (Å²) in [6, 6.07) is 7.97. The molecule has 1 fully saturated rings. The van der Waals surface area contributed by atoms with E-state index in [0.29, 0.717) is 13.0 Å². The lowest BCUT2D eigenvalue weighted by Gasteiger charge is -2.31. The zero-order chi connectivity index (χ0) is 14.5. The highest BCUT2D eigenvalue weighted by atomic mass is 79.9. The highest BCUT2D eigenvalue weighted by Crippen LogP contribution is 2.18. The molecule has 2 N–H and O–H groups in total. The Balaban J connectivity index is 1.87. The number of hydrogen-bond donors (Lipinski definition) is 1. The molecular formula is C15H19BrN2O2. The van der Waals surface area contributed by atoms with E-state index < -0.39 is 0 Å². The smallest absolute Gasteiger partial charge is 0.222 e. The van der Waals surface area contributed by atoms with Gasteiger partial charge in [-0.2, -0.15) is 0 Å². The Kier molecular flexibility index (Phi) is 5.17. The zero-order valence-corrected chi connectivity index (χ0v) is 12.9. The van der Waals surface area contributed by atoms with Crippen molar-refractivity contribution in [1.82, 2.24) is 4.90 Å². The van der Waals surface area contributed by atoms with Gasteiger partial charge in [0.1, 0.15) is 0 Å². The van der Waals surface area contributed by atoms with E-state index in [1.807, 2.05) is 24.3 Å². The number of halogens is 1. The van der Waals surface area contributed by atoms with Crippen LogP contribution in [0.2, 0.25) is 0 Å². The first-order chi connectivity index (χ1) is 9.56. The van der Waals surface area contributed by atoms with Crippen LogP contribution in [0.1, 0.15) is 24.8 Å². The number of hydrogen-bond acceptors (Lipinski definition) is 2. The molecule has 1 saturated heterocycles. The Morgan fingerprint density at radius 3 is 2.90 bits per heavy atom. The predicted octanol–water partition coefficient (Wildman–Crippen LogP) is 2.11. The minimum Gasteiger partial charge on any atom is -0.369 e. The maximum atomic E-state index is 12.2. The van der Waals surface area contributed by atoms with Crippen molar-refractivity contribution in [2.45, 2.75) is 25.7 Å². The fraction of sp³-hybridized carbons (Fsp3) is 0.467. The van der Waals surface area contributed by atoms with Crippen molar-refractivity contribution in [2.24, 2.45) is 11.7 Å². The number of nitrogens with two attached hydrogens (primary N) is 1. The molecule has 0 aliphatic carbocycles. The molecule has 2 rings (SSSR count). The van der Waals surface area contributed by atoms with Crippen LogP contribution in [0.4, 0.5) is 0 Å². The van der Waals surface area contributed by atoms with E-state index in [1.54, 1.807) is 4.90 Å². The van der Waals surface area contributed by atoms with E-state index in [-0.39, 0.29) is 17.7 Å². The standard InChI is InChI=1S/C15H19BrN2O2/c16-13-5-1-3-11(9-13)6-7-14(19)18-8-2-4-12(10-18)15(17)20/h1,3,5,9,12H,2,4,6-8,10H2,(H2,17,20). The van der Waals surface area contributed by atoms with Crippen LogP contribution in [0, 0.1) is 5.92 Å². The van der Waals surface area contributed by atoms with Gasteiger partial charge < -0.3 is 10.6 Å². The van der Waals surface area contributed by atoms with Gasteiger partial charge in [0, 0.05) is 24.0 Å². The third-order valence-corrected chi connectivity index (χ3v) is 4.19. The first-order valence-corrected chi connectivity index (χ1v) is 7.67. The van der Waals surface area contributed by atoms with E-state index in [4.69, 9.17) is 5.73 Å². The summed E-state index contributed by atoms with van der Waals surface area (Å²) in [5, 5.41) is 0. The topological polar surface area (TPSA) is 63.4 Å². The van der Waals surface area contributed by atoms with Gasteiger partial charge in [0.05, 0.1) is 5.92 Å². The summed E-state index contributed by atoms with van der Waals surface area (Å²) in [7, 11) is 0. The van der Waals surface area contributed by atoms with Crippen molar-refractivity contribution in [3.63, 3.8) is 0 Å². The molecule has 2 amide bonds. The Hall–Kier alpha value is -1.36. The lowest BCUT2D eigenvalue weighted by molar-refractivity contribution is -0.134. The molecule has 1 aromatic carbocycles. The van der Waals surface area contributed by atoms with Crippen molar-refractivity contribution >= 4 is 27.7 Å². The van der Waals surface area contributed by atoms with Crippen molar-refractivity contribution in [3.8, 4) is 0 Å². The van der Waals surface area contributed by atoms with Crippen LogP contribution in [0.25, 0.3) is 0 Å². The van der Waals surface area contributed by atoms with Crippen LogP contribution >= 0.6 is 15.9 Å². The number of rotatable bonds is 4. The number of aryl methyl sites for hydroxylation is 1. The lowest BCUT2D eigenvalue weighted by Crippen LogP contribution is -2.44. The minimum atomic E-state index is -0.297. The number of carbonyl (C=O) groups is 2. The van der Waals surface area contributed by atoms with Crippen molar-refractivity contribution in [2.75, 3.05) is 13.1 Å². The van der Waals surface area contributed by atoms with Crippen LogP contribution in [-0.4, -0.2) is 29.8 Å². The number of nitrogens with zero attached hydrogens (tertiary/aromatic N) is 1. The molecule has 108 valence electrons. The van der Waals surface area contributed by atoms with E-state index in [9.17, 15) is 9.59 Å². The lowest BCUT2D eigenvalue weighted by atomic mass is 9.97. The Morgan fingerprint density at radius 2 is 2.20 bits per heavy atom. The molecule has 1 aliphatic heterocycles. The summed E-state index contributed by atoms with van der Waals surface area (Å²) in [6.07, 6.45) is 2.85. The van der Waals surface area contributed by atoms with Crippen LogP contribution < -0.4 is 5.73 Å². The maximum absolute atomic E-state index is 12.2. The SMILES string of the molecule is NC(=O)C1CCCN(C(=O)CCc2cccc(Br)c2)C1. The predicted molar refractivity (Wildman–Crippen MR) is 81.0 cm³/mol. The number of amides is 2. The van der Waals surface area contributed by atoms with E-state index >= 15 is 0 Å². The van der Waals surface area contributed by atoms with E-state index in [0.717, 1.165) is 35.8 Å². The monoisotopic (exact) mass is 338 g/mol. The van der Waals surface area contributed by atoms with Crippen molar-refractivity contribution < 1.29 is 9.59 Å². The molecule has 0 radical (unpaired) electrons. The third-order valence-electron chi connectivity index (χ3n) is 3.69. The highest BCUT2D eigenvalue weighted by molar-refractivity contribution is 9.10. The van der Waals surface area contributed by atoms with Crippen molar-refractivity contribution in [3.05, 3.63) is 34.3 Å². The first-order valence-electron chi connectivity index (χ1n) is 6.88. The second kappa shape index (κ2) is 6.88. The van der Waals surface area contributed by atoms with Crippen LogP contribution in [0.5, 0.6) is 0 Å². The average Bonchev–Trinajstić information content (AvgIpc) is 2.45. The molecular weight excluding hydrogens is 320 g/mol. The number of piperidine rings is 1. The van der Waals surface area contributed by atoms with Gasteiger partial charge in [-0.1, -0.05) is 28.1 Å². The number of likely N-dealkylation sites (tertiary alicyclic amines) is 1. The summed E-state index contributed by atoms with van der Waals surface area (Å²) < 4.78 is 1.02. The molecule has 1 atom stereocenters. The summed E-state index contributed by atoms with van der Waals surface area (Å²) in [6.45, 7) is 1.22. The fourth-order valence-corrected chi connectivity index (χ4v) is 2.98. The highest BCUT2D eigenvalue weighted by Gasteiger charge is 2.26. The first kappa shape index (κ1) is 15.0. The Labute approximate surface area is 127 Å². The molecule has 1 heterocycles. The Morgan fingerprint density at radius 1 is 1.40 bits per heavy atom. The molecule has 1 aromatic rings. The quantitative estimate of drug-likeness (QED) is 0.913. The molecule has 0 spiro atoms. The molecule has 5 heteroatoms. The van der Waals surface area contributed by atoms with Crippen LogP contribution in [-0.2, 0) is 16.0 Å². The Bertz CT molecular complexity index is 504. The molecule has 0 aromatic heterocycles. The molecule has 1 aliphatic rings. The minimum absolute atomic E-state index is 0.107.